The van der Waals surface area contributed by atoms with Crippen LogP contribution in [0.4, 0.5) is 5.69 Å². The van der Waals surface area contributed by atoms with Crippen LogP contribution in [0, 0.1) is 10.1 Å². The molecule has 16 heavy (non-hydrogen) atoms. The Bertz CT molecular complexity index is 511. The molecule has 1 rings (SSSR count). The lowest BCUT2D eigenvalue weighted by molar-refractivity contribution is -0.384. The van der Waals surface area contributed by atoms with Crippen LogP contribution in [0.2, 0.25) is 0 Å². The number of hydrogen-bond donors (Lipinski definition) is 1. The van der Waals surface area contributed by atoms with E-state index in [1.807, 2.05) is 0 Å². The van der Waals surface area contributed by atoms with Crippen LogP contribution >= 0.6 is 0 Å². The molecular formula is C8H10N2O5S. The van der Waals surface area contributed by atoms with Crippen molar-refractivity contribution in [3.8, 4) is 5.75 Å². The van der Waals surface area contributed by atoms with Crippen molar-refractivity contribution >= 4 is 15.7 Å². The van der Waals surface area contributed by atoms with Gasteiger partial charge in [-0.1, -0.05) is 0 Å². The van der Waals surface area contributed by atoms with Crippen LogP contribution in [0.3, 0.4) is 0 Å². The van der Waals surface area contributed by atoms with E-state index in [9.17, 15) is 18.5 Å². The van der Waals surface area contributed by atoms with Crippen molar-refractivity contribution in [2.75, 3.05) is 7.11 Å². The Labute approximate surface area is 92.0 Å². The van der Waals surface area contributed by atoms with Gasteiger partial charge in [0.1, 0.15) is 5.75 Å². The van der Waals surface area contributed by atoms with Crippen LogP contribution < -0.4 is 9.88 Å². The maximum atomic E-state index is 10.9. The number of nitrogens with two attached hydrogens (primary N) is 1. The number of rotatable bonds is 4. The van der Waals surface area contributed by atoms with Crippen molar-refractivity contribution in [1.82, 2.24) is 0 Å². The Kier molecular flexibility index (Phi) is 3.45. The minimum atomic E-state index is -3.69. The summed E-state index contributed by atoms with van der Waals surface area (Å²) in [5.74, 6) is -0.294. The third-order valence-electron chi connectivity index (χ3n) is 1.84. The van der Waals surface area contributed by atoms with Gasteiger partial charge in [0.25, 0.3) is 5.69 Å². The maximum absolute atomic E-state index is 10.9. The van der Waals surface area contributed by atoms with Gasteiger partial charge in [-0.15, -0.1) is 0 Å². The van der Waals surface area contributed by atoms with Gasteiger partial charge >= 0.3 is 0 Å². The summed E-state index contributed by atoms with van der Waals surface area (Å²) >= 11 is 0. The van der Waals surface area contributed by atoms with E-state index < -0.39 is 20.7 Å². The summed E-state index contributed by atoms with van der Waals surface area (Å²) in [5.41, 5.74) is 0.116. The molecule has 2 N–H and O–H groups in total. The van der Waals surface area contributed by atoms with Crippen molar-refractivity contribution in [2.24, 2.45) is 5.14 Å². The van der Waals surface area contributed by atoms with E-state index >= 15 is 0 Å². The summed E-state index contributed by atoms with van der Waals surface area (Å²) in [5, 5.41) is 15.3. The standard InChI is InChI=1S/C8H10N2O5S/c1-15-8-4-7(10(11)12)3-2-6(8)5-16(9,13)14/h2-4H,5H2,1H3,(H2,9,13,14). The molecule has 0 aromatic heterocycles. The van der Waals surface area contributed by atoms with Crippen LogP contribution in [0.1, 0.15) is 5.56 Å². The van der Waals surface area contributed by atoms with Crippen molar-refractivity contribution in [3.05, 3.63) is 33.9 Å². The molecule has 0 atom stereocenters. The van der Waals surface area contributed by atoms with Crippen molar-refractivity contribution in [2.45, 2.75) is 5.75 Å². The highest BCUT2D eigenvalue weighted by molar-refractivity contribution is 7.88. The molecule has 0 radical (unpaired) electrons. The topological polar surface area (TPSA) is 113 Å². The van der Waals surface area contributed by atoms with E-state index in [1.54, 1.807) is 0 Å². The Morgan fingerprint density at radius 3 is 2.56 bits per heavy atom. The van der Waals surface area contributed by atoms with Crippen LogP contribution in [-0.4, -0.2) is 20.5 Å². The number of nitrogens with zero attached hydrogens (tertiary/aromatic N) is 1. The second-order valence-corrected chi connectivity index (χ2v) is 4.67. The Morgan fingerprint density at radius 1 is 1.50 bits per heavy atom. The fourth-order valence-electron chi connectivity index (χ4n) is 1.18. The molecule has 0 amide bonds. The first-order chi connectivity index (χ1) is 7.33. The zero-order chi connectivity index (χ0) is 12.3. The first-order valence-corrected chi connectivity index (χ1v) is 5.87. The third kappa shape index (κ3) is 3.17. The van der Waals surface area contributed by atoms with Gasteiger partial charge in [0.15, 0.2) is 0 Å². The minimum absolute atomic E-state index is 0.128. The van der Waals surface area contributed by atoms with Crippen LogP contribution in [0.5, 0.6) is 5.75 Å². The zero-order valence-corrected chi connectivity index (χ0v) is 9.23. The molecule has 1 aromatic rings. The summed E-state index contributed by atoms with van der Waals surface area (Å²) < 4.78 is 26.6. The smallest absolute Gasteiger partial charge is 0.273 e. The van der Waals surface area contributed by atoms with Crippen LogP contribution in [0.15, 0.2) is 18.2 Å². The number of hydrogen-bond acceptors (Lipinski definition) is 5. The Morgan fingerprint density at radius 2 is 2.12 bits per heavy atom. The molecule has 1 aromatic carbocycles. The second-order valence-electron chi connectivity index (χ2n) is 3.06. The fourth-order valence-corrected chi connectivity index (χ4v) is 1.85. The molecule has 0 fully saturated rings. The summed E-state index contributed by atoms with van der Waals surface area (Å²) in [4.78, 5) is 9.88. The molecule has 0 aliphatic rings. The number of non-ortho nitro benzene ring substituents is 1. The van der Waals surface area contributed by atoms with Gasteiger partial charge in [0.05, 0.1) is 23.9 Å². The van der Waals surface area contributed by atoms with E-state index in [0.717, 1.165) is 6.07 Å². The van der Waals surface area contributed by atoms with E-state index in [1.165, 1.54) is 19.2 Å². The lowest BCUT2D eigenvalue weighted by atomic mass is 10.2. The van der Waals surface area contributed by atoms with Gasteiger partial charge in [-0.2, -0.15) is 0 Å². The van der Waals surface area contributed by atoms with Gasteiger partial charge < -0.3 is 4.74 Å². The summed E-state index contributed by atoms with van der Waals surface area (Å²) in [7, 11) is -2.40. The molecule has 0 heterocycles. The van der Waals surface area contributed by atoms with Crippen LogP contribution in [0.25, 0.3) is 0 Å². The summed E-state index contributed by atoms with van der Waals surface area (Å²) in [6, 6.07) is 3.66. The molecule has 0 aliphatic carbocycles. The lowest BCUT2D eigenvalue weighted by Crippen LogP contribution is -2.15. The second kappa shape index (κ2) is 4.45. The molecule has 88 valence electrons. The zero-order valence-electron chi connectivity index (χ0n) is 8.41. The number of ether oxygens (including phenoxy) is 1. The molecule has 0 spiro atoms. The van der Waals surface area contributed by atoms with E-state index in [2.05, 4.69) is 0 Å². The highest BCUT2D eigenvalue weighted by Crippen LogP contribution is 2.25. The van der Waals surface area contributed by atoms with E-state index in [-0.39, 0.29) is 17.0 Å². The number of benzene rings is 1. The van der Waals surface area contributed by atoms with Crippen LogP contribution in [-0.2, 0) is 15.8 Å². The first kappa shape index (κ1) is 12.4. The Hall–Kier alpha value is -1.67. The lowest BCUT2D eigenvalue weighted by Gasteiger charge is -2.06. The van der Waals surface area contributed by atoms with Gasteiger partial charge in [0.2, 0.25) is 10.0 Å². The summed E-state index contributed by atoms with van der Waals surface area (Å²) in [6.07, 6.45) is 0. The highest BCUT2D eigenvalue weighted by atomic mass is 32.2. The minimum Gasteiger partial charge on any atom is -0.496 e. The molecule has 0 saturated carbocycles. The molecule has 0 bridgehead atoms. The number of nitro benzene ring substituents is 1. The molecule has 0 unspecified atom stereocenters. The van der Waals surface area contributed by atoms with Crippen molar-refractivity contribution in [3.63, 3.8) is 0 Å². The van der Waals surface area contributed by atoms with Gasteiger partial charge in [-0.3, -0.25) is 10.1 Å². The number of methoxy groups -OCH3 is 1. The number of primary sulfonamides is 1. The number of nitro groups is 1. The van der Waals surface area contributed by atoms with E-state index in [4.69, 9.17) is 9.88 Å². The molecule has 7 nitrogen and oxygen atoms in total. The predicted octanol–water partition coefficient (Wildman–Crippen LogP) is 0.392. The third-order valence-corrected chi connectivity index (χ3v) is 2.55. The van der Waals surface area contributed by atoms with Gasteiger partial charge in [-0.05, 0) is 6.07 Å². The largest absolute Gasteiger partial charge is 0.496 e. The normalized spacial score (nSPS) is 11.1. The van der Waals surface area contributed by atoms with Gasteiger partial charge in [-0.25, -0.2) is 13.6 Å². The maximum Gasteiger partial charge on any atom is 0.273 e. The Balaban J connectivity index is 3.17. The average Bonchev–Trinajstić information content (AvgIpc) is 2.15. The summed E-state index contributed by atoms with van der Waals surface area (Å²) in [6.45, 7) is 0. The molecule has 0 saturated heterocycles. The van der Waals surface area contributed by atoms with E-state index in [0.29, 0.717) is 0 Å². The van der Waals surface area contributed by atoms with Gasteiger partial charge in [0, 0.05) is 11.6 Å². The quantitative estimate of drug-likeness (QED) is 0.610. The number of sulfonamides is 1. The van der Waals surface area contributed by atoms with Crippen molar-refractivity contribution in [1.29, 1.82) is 0 Å². The SMILES string of the molecule is COc1cc([N+](=O)[O-])ccc1CS(N)(=O)=O. The first-order valence-electron chi connectivity index (χ1n) is 4.15. The molecule has 8 heteroatoms. The average molecular weight is 246 g/mol. The molecular weight excluding hydrogens is 236 g/mol. The monoisotopic (exact) mass is 246 g/mol. The fraction of sp³-hybridized carbons (Fsp3) is 0.250. The highest BCUT2D eigenvalue weighted by Gasteiger charge is 2.14. The predicted molar refractivity (Wildman–Crippen MR) is 56.5 cm³/mol. The molecule has 0 aliphatic heterocycles. The van der Waals surface area contributed by atoms with Crippen molar-refractivity contribution < 1.29 is 18.1 Å².